The minimum absolute atomic E-state index is 0.0550. The molecule has 1 aromatic carbocycles. The zero-order chi connectivity index (χ0) is 12.3. The molecule has 1 aromatic rings. The SMILES string of the molecule is COc1cc(C(C)=O)ccc1C1CCCCO1. The van der Waals surface area contributed by atoms with Crippen LogP contribution in [0.4, 0.5) is 0 Å². The Balaban J connectivity index is 2.29. The average Bonchev–Trinajstić information content (AvgIpc) is 2.39. The summed E-state index contributed by atoms with van der Waals surface area (Å²) in [5, 5.41) is 0. The zero-order valence-corrected chi connectivity index (χ0v) is 10.4. The number of rotatable bonds is 3. The summed E-state index contributed by atoms with van der Waals surface area (Å²) >= 11 is 0. The van der Waals surface area contributed by atoms with Gasteiger partial charge < -0.3 is 9.47 Å². The van der Waals surface area contributed by atoms with Crippen LogP contribution in [0.1, 0.15) is 48.2 Å². The fourth-order valence-corrected chi connectivity index (χ4v) is 2.18. The number of carbonyl (C=O) groups excluding carboxylic acids is 1. The van der Waals surface area contributed by atoms with Gasteiger partial charge in [-0.3, -0.25) is 4.79 Å². The van der Waals surface area contributed by atoms with E-state index in [2.05, 4.69) is 0 Å². The Kier molecular flexibility index (Phi) is 3.79. The molecule has 1 aliphatic rings. The fourth-order valence-electron chi connectivity index (χ4n) is 2.18. The topological polar surface area (TPSA) is 35.5 Å². The van der Waals surface area contributed by atoms with Gasteiger partial charge in [0.1, 0.15) is 5.75 Å². The molecule has 1 heterocycles. The molecule has 17 heavy (non-hydrogen) atoms. The maximum Gasteiger partial charge on any atom is 0.159 e. The fraction of sp³-hybridized carbons (Fsp3) is 0.500. The van der Waals surface area contributed by atoms with Crippen LogP contribution in [-0.2, 0) is 4.74 Å². The second-order valence-corrected chi connectivity index (χ2v) is 4.37. The van der Waals surface area contributed by atoms with Crippen molar-refractivity contribution in [1.29, 1.82) is 0 Å². The molecule has 1 atom stereocenters. The monoisotopic (exact) mass is 234 g/mol. The Hall–Kier alpha value is -1.35. The summed E-state index contributed by atoms with van der Waals surface area (Å²) < 4.78 is 11.1. The normalized spacial score (nSPS) is 20.0. The van der Waals surface area contributed by atoms with E-state index in [1.807, 2.05) is 12.1 Å². The molecular weight excluding hydrogens is 216 g/mol. The van der Waals surface area contributed by atoms with Crippen molar-refractivity contribution in [2.24, 2.45) is 0 Å². The Bertz CT molecular complexity index is 406. The molecule has 0 radical (unpaired) electrons. The van der Waals surface area contributed by atoms with Crippen LogP contribution in [0, 0.1) is 0 Å². The van der Waals surface area contributed by atoms with Crippen molar-refractivity contribution in [2.45, 2.75) is 32.3 Å². The first-order valence-corrected chi connectivity index (χ1v) is 6.03. The molecule has 3 heteroatoms. The molecule has 2 rings (SSSR count). The van der Waals surface area contributed by atoms with Crippen LogP contribution < -0.4 is 4.74 Å². The van der Waals surface area contributed by atoms with Gasteiger partial charge >= 0.3 is 0 Å². The molecular formula is C14H18O3. The summed E-state index contributed by atoms with van der Waals surface area (Å²) in [7, 11) is 1.63. The van der Waals surface area contributed by atoms with Gasteiger partial charge in [0.25, 0.3) is 0 Å². The molecule has 3 nitrogen and oxygen atoms in total. The van der Waals surface area contributed by atoms with E-state index in [-0.39, 0.29) is 11.9 Å². The van der Waals surface area contributed by atoms with Crippen molar-refractivity contribution in [3.63, 3.8) is 0 Å². The second kappa shape index (κ2) is 5.32. The van der Waals surface area contributed by atoms with E-state index in [0.29, 0.717) is 5.56 Å². The van der Waals surface area contributed by atoms with Gasteiger partial charge in [-0.2, -0.15) is 0 Å². The Morgan fingerprint density at radius 1 is 1.41 bits per heavy atom. The lowest BCUT2D eigenvalue weighted by atomic mass is 9.98. The molecule has 1 saturated heterocycles. The third-order valence-electron chi connectivity index (χ3n) is 3.17. The zero-order valence-electron chi connectivity index (χ0n) is 10.4. The molecule has 0 N–H and O–H groups in total. The minimum atomic E-state index is 0.0550. The molecule has 0 spiro atoms. The molecule has 1 unspecified atom stereocenters. The van der Waals surface area contributed by atoms with Gasteiger partial charge in [-0.05, 0) is 32.3 Å². The average molecular weight is 234 g/mol. The van der Waals surface area contributed by atoms with Crippen molar-refractivity contribution in [1.82, 2.24) is 0 Å². The van der Waals surface area contributed by atoms with Gasteiger partial charge in [0.15, 0.2) is 5.78 Å². The molecule has 0 saturated carbocycles. The van der Waals surface area contributed by atoms with Gasteiger partial charge in [0, 0.05) is 17.7 Å². The highest BCUT2D eigenvalue weighted by Crippen LogP contribution is 2.34. The number of ether oxygens (including phenoxy) is 2. The highest BCUT2D eigenvalue weighted by Gasteiger charge is 2.20. The lowest BCUT2D eigenvalue weighted by Gasteiger charge is -2.24. The lowest BCUT2D eigenvalue weighted by Crippen LogP contribution is -2.12. The first kappa shape index (κ1) is 12.1. The summed E-state index contributed by atoms with van der Waals surface area (Å²) in [5.41, 5.74) is 1.73. The quantitative estimate of drug-likeness (QED) is 0.754. The van der Waals surface area contributed by atoms with E-state index >= 15 is 0 Å². The number of ketones is 1. The number of methoxy groups -OCH3 is 1. The number of Topliss-reactive ketones (excluding diaryl/α,β-unsaturated/α-hetero) is 1. The number of hydrogen-bond acceptors (Lipinski definition) is 3. The summed E-state index contributed by atoms with van der Waals surface area (Å²) in [6.07, 6.45) is 3.45. The Morgan fingerprint density at radius 3 is 2.82 bits per heavy atom. The number of carbonyl (C=O) groups is 1. The predicted molar refractivity (Wildman–Crippen MR) is 65.5 cm³/mol. The summed E-state index contributed by atoms with van der Waals surface area (Å²) in [5.74, 6) is 0.809. The molecule has 1 fully saturated rings. The molecule has 1 aliphatic heterocycles. The lowest BCUT2D eigenvalue weighted by molar-refractivity contribution is 0.0136. The smallest absolute Gasteiger partial charge is 0.159 e. The number of benzene rings is 1. The molecule has 92 valence electrons. The molecule has 0 bridgehead atoms. The van der Waals surface area contributed by atoms with Gasteiger partial charge in [-0.1, -0.05) is 12.1 Å². The van der Waals surface area contributed by atoms with Gasteiger partial charge in [0.2, 0.25) is 0 Å². The largest absolute Gasteiger partial charge is 0.496 e. The Labute approximate surface area is 102 Å². The number of hydrogen-bond donors (Lipinski definition) is 0. The summed E-state index contributed by atoms with van der Waals surface area (Å²) in [6, 6.07) is 5.60. The van der Waals surface area contributed by atoms with Crippen molar-refractivity contribution >= 4 is 5.78 Å². The molecule has 0 amide bonds. The third kappa shape index (κ3) is 2.67. The second-order valence-electron chi connectivity index (χ2n) is 4.37. The van der Waals surface area contributed by atoms with Gasteiger partial charge in [0.05, 0.1) is 13.2 Å². The van der Waals surface area contributed by atoms with Crippen molar-refractivity contribution in [3.8, 4) is 5.75 Å². The van der Waals surface area contributed by atoms with Crippen LogP contribution in [0.3, 0.4) is 0 Å². The van der Waals surface area contributed by atoms with Gasteiger partial charge in [-0.25, -0.2) is 0 Å². The maximum atomic E-state index is 11.3. The first-order valence-electron chi connectivity index (χ1n) is 6.03. The molecule has 0 aromatic heterocycles. The van der Waals surface area contributed by atoms with Crippen molar-refractivity contribution in [2.75, 3.05) is 13.7 Å². The van der Waals surface area contributed by atoms with E-state index in [0.717, 1.165) is 30.8 Å². The summed E-state index contributed by atoms with van der Waals surface area (Å²) in [6.45, 7) is 2.37. The van der Waals surface area contributed by atoms with Crippen LogP contribution >= 0.6 is 0 Å². The van der Waals surface area contributed by atoms with E-state index < -0.39 is 0 Å². The van der Waals surface area contributed by atoms with E-state index in [1.54, 1.807) is 20.1 Å². The van der Waals surface area contributed by atoms with Crippen LogP contribution in [0.5, 0.6) is 5.75 Å². The minimum Gasteiger partial charge on any atom is -0.496 e. The van der Waals surface area contributed by atoms with Gasteiger partial charge in [-0.15, -0.1) is 0 Å². The van der Waals surface area contributed by atoms with E-state index in [9.17, 15) is 4.79 Å². The third-order valence-corrected chi connectivity index (χ3v) is 3.17. The Morgan fingerprint density at radius 2 is 2.24 bits per heavy atom. The van der Waals surface area contributed by atoms with E-state index in [1.165, 1.54) is 6.42 Å². The van der Waals surface area contributed by atoms with Crippen LogP contribution in [-0.4, -0.2) is 19.5 Å². The maximum absolute atomic E-state index is 11.3. The first-order chi connectivity index (χ1) is 8.22. The van der Waals surface area contributed by atoms with Crippen molar-refractivity contribution in [3.05, 3.63) is 29.3 Å². The van der Waals surface area contributed by atoms with Crippen molar-refractivity contribution < 1.29 is 14.3 Å². The predicted octanol–water partition coefficient (Wildman–Crippen LogP) is 3.14. The van der Waals surface area contributed by atoms with Crippen LogP contribution in [0.15, 0.2) is 18.2 Å². The summed E-state index contributed by atoms with van der Waals surface area (Å²) in [4.78, 5) is 11.3. The highest BCUT2D eigenvalue weighted by atomic mass is 16.5. The van der Waals surface area contributed by atoms with Crippen LogP contribution in [0.2, 0.25) is 0 Å². The molecule has 0 aliphatic carbocycles. The van der Waals surface area contributed by atoms with E-state index in [4.69, 9.17) is 9.47 Å². The van der Waals surface area contributed by atoms with Crippen LogP contribution in [0.25, 0.3) is 0 Å². The standard InChI is InChI=1S/C14H18O3/c1-10(15)11-6-7-12(14(9-11)16-2)13-5-3-4-8-17-13/h6-7,9,13H,3-5,8H2,1-2H3. The highest BCUT2D eigenvalue weighted by molar-refractivity contribution is 5.94.